The van der Waals surface area contributed by atoms with Crippen LogP contribution in [0.2, 0.25) is 0 Å². The minimum atomic E-state index is -0.940. The van der Waals surface area contributed by atoms with Crippen LogP contribution in [0.25, 0.3) is 0 Å². The van der Waals surface area contributed by atoms with Gasteiger partial charge in [0.15, 0.2) is 11.5 Å². The summed E-state index contributed by atoms with van der Waals surface area (Å²) in [6.45, 7) is 0.299. The van der Waals surface area contributed by atoms with Crippen LogP contribution in [0.1, 0.15) is 0 Å². The van der Waals surface area contributed by atoms with E-state index in [4.69, 9.17) is 14.2 Å². The molecule has 1 aliphatic heterocycles. The number of nitro benzene ring substituents is 1. The highest BCUT2D eigenvalue weighted by Crippen LogP contribution is 2.31. The van der Waals surface area contributed by atoms with Gasteiger partial charge in [-0.3, -0.25) is 19.7 Å². The van der Waals surface area contributed by atoms with Gasteiger partial charge in [0.1, 0.15) is 18.5 Å². The molecule has 28 heavy (non-hydrogen) atoms. The van der Waals surface area contributed by atoms with Crippen molar-refractivity contribution < 1.29 is 28.7 Å². The molecule has 10 heteroatoms. The van der Waals surface area contributed by atoms with Crippen LogP contribution >= 0.6 is 0 Å². The number of nitro groups is 1. The molecule has 146 valence electrons. The quantitative estimate of drug-likeness (QED) is 0.452. The van der Waals surface area contributed by atoms with Crippen LogP contribution in [-0.2, 0) is 9.59 Å². The lowest BCUT2D eigenvalue weighted by atomic mass is 10.2. The monoisotopic (exact) mass is 387 g/mol. The van der Waals surface area contributed by atoms with E-state index in [0.29, 0.717) is 11.5 Å². The van der Waals surface area contributed by atoms with Gasteiger partial charge >= 0.3 is 11.8 Å². The number of benzene rings is 2. The van der Waals surface area contributed by atoms with E-state index in [1.54, 1.807) is 18.2 Å². The Labute approximate surface area is 159 Å². The first-order valence-corrected chi connectivity index (χ1v) is 8.28. The largest absolute Gasteiger partial charge is 0.494 e. The summed E-state index contributed by atoms with van der Waals surface area (Å²) < 4.78 is 16.3. The summed E-state index contributed by atoms with van der Waals surface area (Å²) in [6, 6.07) is 10.8. The van der Waals surface area contributed by atoms with Crippen molar-refractivity contribution in [1.82, 2.24) is 5.32 Å². The third kappa shape index (κ3) is 4.29. The summed E-state index contributed by atoms with van der Waals surface area (Å²) in [5, 5.41) is 15.6. The van der Waals surface area contributed by atoms with E-state index in [9.17, 15) is 19.7 Å². The van der Waals surface area contributed by atoms with Crippen LogP contribution in [-0.4, -0.2) is 43.1 Å². The minimum absolute atomic E-state index is 0.0657. The maximum Gasteiger partial charge on any atom is 0.313 e. The molecule has 2 amide bonds. The fourth-order valence-corrected chi connectivity index (χ4v) is 2.53. The summed E-state index contributed by atoms with van der Waals surface area (Å²) in [6.07, 6.45) is -0.444. The van der Waals surface area contributed by atoms with Gasteiger partial charge in [-0.2, -0.15) is 0 Å². The Morgan fingerprint density at radius 1 is 1.21 bits per heavy atom. The molecule has 1 aliphatic rings. The standard InChI is InChI=1S/C18H17N3O7/c1-26-16-8-11(21(24)25)6-7-13(16)20-18(23)17(22)19-9-12-10-27-14-4-2-3-5-15(14)28-12/h2-8,12H,9-10H2,1H3,(H,19,22)(H,20,23). The molecule has 10 nitrogen and oxygen atoms in total. The van der Waals surface area contributed by atoms with E-state index in [1.165, 1.54) is 19.2 Å². The number of fused-ring (bicyclic) bond motifs is 1. The fourth-order valence-electron chi connectivity index (χ4n) is 2.53. The van der Waals surface area contributed by atoms with E-state index in [-0.39, 0.29) is 30.3 Å². The third-order valence-electron chi connectivity index (χ3n) is 3.91. The number of ether oxygens (including phenoxy) is 3. The van der Waals surface area contributed by atoms with Crippen molar-refractivity contribution >= 4 is 23.2 Å². The number of non-ortho nitro benzene ring substituents is 1. The zero-order chi connectivity index (χ0) is 20.1. The normalized spacial score (nSPS) is 14.7. The Morgan fingerprint density at radius 3 is 2.68 bits per heavy atom. The van der Waals surface area contributed by atoms with Gasteiger partial charge in [-0.05, 0) is 18.2 Å². The van der Waals surface area contributed by atoms with Crippen LogP contribution < -0.4 is 24.8 Å². The Balaban J connectivity index is 1.55. The Bertz CT molecular complexity index is 916. The van der Waals surface area contributed by atoms with Gasteiger partial charge in [0.05, 0.1) is 30.3 Å². The van der Waals surface area contributed by atoms with Crippen LogP contribution in [0.5, 0.6) is 17.2 Å². The highest BCUT2D eigenvalue weighted by molar-refractivity contribution is 6.39. The predicted molar refractivity (Wildman–Crippen MR) is 97.6 cm³/mol. The van der Waals surface area contributed by atoms with Gasteiger partial charge in [0.25, 0.3) is 5.69 Å². The number of amides is 2. The average Bonchev–Trinajstić information content (AvgIpc) is 2.71. The SMILES string of the molecule is COc1cc([N+](=O)[O-])ccc1NC(=O)C(=O)NCC1COc2ccccc2O1. The van der Waals surface area contributed by atoms with Crippen molar-refractivity contribution in [1.29, 1.82) is 0 Å². The first-order chi connectivity index (χ1) is 13.5. The molecule has 0 saturated carbocycles. The van der Waals surface area contributed by atoms with Crippen molar-refractivity contribution in [3.8, 4) is 17.2 Å². The number of nitrogens with one attached hydrogen (secondary N) is 2. The molecular formula is C18H17N3O7. The van der Waals surface area contributed by atoms with Gasteiger partial charge in [-0.25, -0.2) is 0 Å². The summed E-state index contributed by atoms with van der Waals surface area (Å²) in [5.74, 6) is -0.579. The van der Waals surface area contributed by atoms with Crippen molar-refractivity contribution in [2.75, 3.05) is 25.6 Å². The first kappa shape index (κ1) is 19.0. The highest BCUT2D eigenvalue weighted by atomic mass is 16.6. The van der Waals surface area contributed by atoms with Crippen molar-refractivity contribution in [3.63, 3.8) is 0 Å². The maximum absolute atomic E-state index is 12.1. The molecule has 0 radical (unpaired) electrons. The van der Waals surface area contributed by atoms with Gasteiger partial charge < -0.3 is 24.8 Å². The van der Waals surface area contributed by atoms with E-state index < -0.39 is 22.8 Å². The number of methoxy groups -OCH3 is 1. The lowest BCUT2D eigenvalue weighted by Gasteiger charge is -2.26. The smallest absolute Gasteiger partial charge is 0.313 e. The van der Waals surface area contributed by atoms with Crippen molar-refractivity contribution in [2.24, 2.45) is 0 Å². The Morgan fingerprint density at radius 2 is 1.96 bits per heavy atom. The summed E-state index contributed by atoms with van der Waals surface area (Å²) >= 11 is 0. The Kier molecular flexibility index (Phi) is 5.58. The van der Waals surface area contributed by atoms with Crippen LogP contribution in [0.3, 0.4) is 0 Å². The zero-order valence-electron chi connectivity index (χ0n) is 14.8. The molecule has 0 spiro atoms. The number of nitrogens with zero attached hydrogens (tertiary/aromatic N) is 1. The molecule has 2 N–H and O–H groups in total. The number of carbonyl (C=O) groups is 2. The second-order valence-corrected chi connectivity index (χ2v) is 5.80. The highest BCUT2D eigenvalue weighted by Gasteiger charge is 2.23. The summed E-state index contributed by atoms with van der Waals surface area (Å²) in [5.41, 5.74) is -0.0616. The van der Waals surface area contributed by atoms with Gasteiger partial charge in [-0.1, -0.05) is 12.1 Å². The fraction of sp³-hybridized carbons (Fsp3) is 0.222. The van der Waals surface area contributed by atoms with Gasteiger partial charge in [-0.15, -0.1) is 0 Å². The van der Waals surface area contributed by atoms with Crippen LogP contribution in [0.4, 0.5) is 11.4 Å². The molecule has 0 aromatic heterocycles. The topological polar surface area (TPSA) is 129 Å². The second-order valence-electron chi connectivity index (χ2n) is 5.80. The number of para-hydroxylation sites is 2. The molecule has 2 aromatic carbocycles. The van der Waals surface area contributed by atoms with E-state index in [1.807, 2.05) is 6.07 Å². The minimum Gasteiger partial charge on any atom is -0.494 e. The Hall–Kier alpha value is -3.82. The third-order valence-corrected chi connectivity index (χ3v) is 3.91. The first-order valence-electron chi connectivity index (χ1n) is 8.28. The summed E-state index contributed by atoms with van der Waals surface area (Å²) in [7, 11) is 1.30. The van der Waals surface area contributed by atoms with Gasteiger partial charge in [0.2, 0.25) is 0 Å². The van der Waals surface area contributed by atoms with E-state index in [0.717, 1.165) is 6.07 Å². The maximum atomic E-state index is 12.1. The summed E-state index contributed by atoms with van der Waals surface area (Å²) in [4.78, 5) is 34.3. The number of hydrogen-bond donors (Lipinski definition) is 2. The molecule has 1 atom stereocenters. The van der Waals surface area contributed by atoms with Crippen LogP contribution in [0.15, 0.2) is 42.5 Å². The van der Waals surface area contributed by atoms with Gasteiger partial charge in [0, 0.05) is 6.07 Å². The number of carbonyl (C=O) groups excluding carboxylic acids is 2. The molecule has 0 fully saturated rings. The van der Waals surface area contributed by atoms with E-state index in [2.05, 4.69) is 10.6 Å². The molecule has 0 aliphatic carbocycles. The van der Waals surface area contributed by atoms with Crippen molar-refractivity contribution in [3.05, 3.63) is 52.6 Å². The molecule has 0 saturated heterocycles. The number of anilines is 1. The molecule has 2 aromatic rings. The molecule has 0 bridgehead atoms. The van der Waals surface area contributed by atoms with Crippen LogP contribution in [0, 0.1) is 10.1 Å². The zero-order valence-corrected chi connectivity index (χ0v) is 14.8. The average molecular weight is 387 g/mol. The second kappa shape index (κ2) is 8.25. The molecular weight excluding hydrogens is 370 g/mol. The molecule has 3 rings (SSSR count). The molecule has 1 heterocycles. The van der Waals surface area contributed by atoms with Crippen molar-refractivity contribution in [2.45, 2.75) is 6.10 Å². The number of hydrogen-bond acceptors (Lipinski definition) is 7. The lowest BCUT2D eigenvalue weighted by molar-refractivity contribution is -0.384. The predicted octanol–water partition coefficient (Wildman–Crippen LogP) is 1.50. The lowest BCUT2D eigenvalue weighted by Crippen LogP contribution is -2.44. The van der Waals surface area contributed by atoms with E-state index >= 15 is 0 Å². The molecule has 1 unspecified atom stereocenters. The number of rotatable bonds is 5.